The van der Waals surface area contributed by atoms with Crippen molar-refractivity contribution in [3.8, 4) is 0 Å². The number of aromatic nitrogens is 2. The number of carbonyl (C=O) groups is 1. The third-order valence-corrected chi connectivity index (χ3v) is 6.28. The molecular formula is C20H23N3OS2. The molecule has 0 unspecified atom stereocenters. The van der Waals surface area contributed by atoms with Gasteiger partial charge in [0.25, 0.3) is 0 Å². The number of aryl methyl sites for hydroxylation is 3. The van der Waals surface area contributed by atoms with Gasteiger partial charge in [0, 0.05) is 22.5 Å². The fourth-order valence-corrected chi connectivity index (χ4v) is 4.84. The minimum Gasteiger partial charge on any atom is -0.312 e. The van der Waals surface area contributed by atoms with E-state index in [4.69, 9.17) is 0 Å². The van der Waals surface area contributed by atoms with Crippen molar-refractivity contribution in [2.45, 2.75) is 39.1 Å². The predicted octanol–water partition coefficient (Wildman–Crippen LogP) is 5.02. The summed E-state index contributed by atoms with van der Waals surface area (Å²) in [5, 5.41) is 1.96. The number of hydrogen-bond acceptors (Lipinski definition) is 5. The molecule has 6 heteroatoms. The number of amides is 1. The summed E-state index contributed by atoms with van der Waals surface area (Å²) in [5.41, 5.74) is 2.10. The molecule has 0 aliphatic rings. The van der Waals surface area contributed by atoms with Gasteiger partial charge < -0.3 is 4.90 Å². The van der Waals surface area contributed by atoms with E-state index in [1.807, 2.05) is 49.9 Å². The summed E-state index contributed by atoms with van der Waals surface area (Å²) in [6.07, 6.45) is 0.986. The Morgan fingerprint density at radius 2 is 2.00 bits per heavy atom. The Kier molecular flexibility index (Phi) is 5.94. The van der Waals surface area contributed by atoms with Crippen molar-refractivity contribution in [2.75, 3.05) is 17.2 Å². The maximum atomic E-state index is 12.8. The van der Waals surface area contributed by atoms with Crippen molar-refractivity contribution in [2.24, 2.45) is 0 Å². The largest absolute Gasteiger partial charge is 0.312 e. The minimum absolute atomic E-state index is 0.0958. The molecule has 0 fully saturated rings. The monoisotopic (exact) mass is 385 g/mol. The predicted molar refractivity (Wildman–Crippen MR) is 111 cm³/mol. The number of thioether (sulfide) groups is 1. The van der Waals surface area contributed by atoms with Gasteiger partial charge in [-0.2, -0.15) is 0 Å². The Hall–Kier alpha value is -1.92. The van der Waals surface area contributed by atoms with Crippen LogP contribution in [0.5, 0.6) is 0 Å². The maximum Gasteiger partial charge on any atom is 0.237 e. The highest BCUT2D eigenvalue weighted by molar-refractivity contribution is 8.00. The van der Waals surface area contributed by atoms with E-state index in [9.17, 15) is 4.79 Å². The SMILES string of the molecule is CCc1cc2c(SCC(=O)N(CC)c3cccc(C)c3)nc(C)nc2s1. The first-order valence-electron chi connectivity index (χ1n) is 8.78. The first-order chi connectivity index (χ1) is 12.5. The molecule has 1 aromatic carbocycles. The van der Waals surface area contributed by atoms with Gasteiger partial charge in [0.15, 0.2) is 0 Å². The number of fused-ring (bicyclic) bond motifs is 1. The van der Waals surface area contributed by atoms with Gasteiger partial charge >= 0.3 is 0 Å². The zero-order chi connectivity index (χ0) is 18.7. The molecule has 2 heterocycles. The summed E-state index contributed by atoms with van der Waals surface area (Å²) in [5.74, 6) is 1.21. The number of hydrogen-bond donors (Lipinski definition) is 0. The maximum absolute atomic E-state index is 12.8. The average Bonchev–Trinajstić information content (AvgIpc) is 3.03. The lowest BCUT2D eigenvalue weighted by Gasteiger charge is -2.21. The van der Waals surface area contributed by atoms with Crippen LogP contribution in [0.4, 0.5) is 5.69 Å². The molecule has 0 bridgehead atoms. The number of benzene rings is 1. The fraction of sp³-hybridized carbons (Fsp3) is 0.350. The van der Waals surface area contributed by atoms with Crippen molar-refractivity contribution in [1.82, 2.24) is 9.97 Å². The van der Waals surface area contributed by atoms with Crippen LogP contribution in [0.3, 0.4) is 0 Å². The molecule has 136 valence electrons. The second-order valence-corrected chi connectivity index (χ2v) is 8.21. The van der Waals surface area contributed by atoms with Crippen LogP contribution in [0.25, 0.3) is 10.2 Å². The van der Waals surface area contributed by atoms with Crippen LogP contribution in [0.2, 0.25) is 0 Å². The van der Waals surface area contributed by atoms with Crippen molar-refractivity contribution in [3.05, 3.63) is 46.6 Å². The van der Waals surface area contributed by atoms with Crippen molar-refractivity contribution < 1.29 is 4.79 Å². The lowest BCUT2D eigenvalue weighted by Crippen LogP contribution is -2.32. The van der Waals surface area contributed by atoms with Gasteiger partial charge in [0.2, 0.25) is 5.91 Å². The molecule has 0 aliphatic heterocycles. The van der Waals surface area contributed by atoms with Gasteiger partial charge in [0.1, 0.15) is 15.7 Å². The Balaban J connectivity index is 1.80. The highest BCUT2D eigenvalue weighted by Gasteiger charge is 2.17. The molecule has 26 heavy (non-hydrogen) atoms. The second-order valence-electron chi connectivity index (χ2n) is 6.13. The summed E-state index contributed by atoms with van der Waals surface area (Å²) in [4.78, 5) is 26.1. The van der Waals surface area contributed by atoms with Gasteiger partial charge in [0.05, 0.1) is 5.75 Å². The Morgan fingerprint density at radius 3 is 2.69 bits per heavy atom. The quantitative estimate of drug-likeness (QED) is 0.442. The average molecular weight is 386 g/mol. The summed E-state index contributed by atoms with van der Waals surface area (Å²) in [7, 11) is 0. The topological polar surface area (TPSA) is 46.1 Å². The summed E-state index contributed by atoms with van der Waals surface area (Å²) in [6.45, 7) is 8.74. The van der Waals surface area contributed by atoms with Gasteiger partial charge in [-0.25, -0.2) is 9.97 Å². The smallest absolute Gasteiger partial charge is 0.237 e. The number of nitrogens with zero attached hydrogens (tertiary/aromatic N) is 3. The molecule has 3 rings (SSSR count). The van der Waals surface area contributed by atoms with E-state index in [1.165, 1.54) is 16.6 Å². The van der Waals surface area contributed by atoms with Crippen molar-refractivity contribution >= 4 is 44.9 Å². The highest BCUT2D eigenvalue weighted by Crippen LogP contribution is 2.32. The molecule has 0 aliphatic carbocycles. The number of thiophene rings is 1. The lowest BCUT2D eigenvalue weighted by atomic mass is 10.2. The molecule has 0 saturated heterocycles. The Bertz CT molecular complexity index is 936. The Morgan fingerprint density at radius 1 is 1.19 bits per heavy atom. The molecule has 0 atom stereocenters. The molecule has 4 nitrogen and oxygen atoms in total. The second kappa shape index (κ2) is 8.18. The van der Waals surface area contributed by atoms with Gasteiger partial charge in [-0.15, -0.1) is 11.3 Å². The van der Waals surface area contributed by atoms with Crippen LogP contribution in [0.1, 0.15) is 30.1 Å². The molecule has 2 aromatic heterocycles. The highest BCUT2D eigenvalue weighted by atomic mass is 32.2. The third kappa shape index (κ3) is 4.07. The number of rotatable bonds is 6. The first-order valence-corrected chi connectivity index (χ1v) is 10.6. The zero-order valence-corrected chi connectivity index (χ0v) is 17.2. The van der Waals surface area contributed by atoms with Crippen molar-refractivity contribution in [1.29, 1.82) is 0 Å². The van der Waals surface area contributed by atoms with E-state index in [0.29, 0.717) is 12.3 Å². The Labute approximate surface area is 162 Å². The van der Waals surface area contributed by atoms with Crippen LogP contribution < -0.4 is 4.90 Å². The molecular weight excluding hydrogens is 362 g/mol. The summed E-state index contributed by atoms with van der Waals surface area (Å²) >= 11 is 3.21. The molecule has 0 radical (unpaired) electrons. The molecule has 0 spiro atoms. The van der Waals surface area contributed by atoms with Crippen LogP contribution >= 0.6 is 23.1 Å². The standard InChI is InChI=1S/C20H23N3OS2/c1-5-16-11-17-19(21-14(4)22-20(17)26-16)25-12-18(24)23(6-2)15-9-7-8-13(3)10-15/h7-11H,5-6,12H2,1-4H3. The van der Waals surface area contributed by atoms with Crippen LogP contribution in [-0.4, -0.2) is 28.2 Å². The van der Waals surface area contributed by atoms with Gasteiger partial charge in [-0.3, -0.25) is 4.79 Å². The van der Waals surface area contributed by atoms with E-state index in [0.717, 1.165) is 38.7 Å². The molecule has 0 saturated carbocycles. The normalized spacial score (nSPS) is 11.1. The van der Waals surface area contributed by atoms with Crippen LogP contribution in [0.15, 0.2) is 35.4 Å². The first kappa shape index (κ1) is 18.9. The minimum atomic E-state index is 0.0958. The lowest BCUT2D eigenvalue weighted by molar-refractivity contribution is -0.116. The number of carbonyl (C=O) groups excluding carboxylic acids is 1. The van der Waals surface area contributed by atoms with Crippen LogP contribution in [-0.2, 0) is 11.2 Å². The summed E-state index contributed by atoms with van der Waals surface area (Å²) < 4.78 is 0. The van der Waals surface area contributed by atoms with Crippen LogP contribution in [0, 0.1) is 13.8 Å². The van der Waals surface area contributed by atoms with E-state index in [2.05, 4.69) is 23.0 Å². The summed E-state index contributed by atoms with van der Waals surface area (Å²) in [6, 6.07) is 10.2. The number of anilines is 1. The van der Waals surface area contributed by atoms with E-state index in [-0.39, 0.29) is 5.91 Å². The van der Waals surface area contributed by atoms with E-state index < -0.39 is 0 Å². The van der Waals surface area contributed by atoms with Gasteiger partial charge in [-0.05, 0) is 51.0 Å². The van der Waals surface area contributed by atoms with E-state index >= 15 is 0 Å². The fourth-order valence-electron chi connectivity index (χ4n) is 2.84. The van der Waals surface area contributed by atoms with Crippen molar-refractivity contribution in [3.63, 3.8) is 0 Å². The third-order valence-electron chi connectivity index (χ3n) is 4.13. The molecule has 3 aromatic rings. The van der Waals surface area contributed by atoms with E-state index in [1.54, 1.807) is 11.3 Å². The zero-order valence-electron chi connectivity index (χ0n) is 15.6. The van der Waals surface area contributed by atoms with Gasteiger partial charge in [-0.1, -0.05) is 30.8 Å². The molecule has 1 amide bonds. The molecule has 0 N–H and O–H groups in total.